The van der Waals surface area contributed by atoms with Gasteiger partial charge in [-0.3, -0.25) is 10.2 Å². The molecule has 7 nitrogen and oxygen atoms in total. The molecule has 0 unspecified atom stereocenters. The molecule has 0 amide bonds. The fourth-order valence-electron chi connectivity index (χ4n) is 3.48. The van der Waals surface area contributed by atoms with E-state index < -0.39 is 0 Å². The maximum Gasteiger partial charge on any atom is 0.222 e. The third kappa shape index (κ3) is 6.94. The standard InChI is InChI=1S/C22H29N5O2/c23-21(24)13-20(28)5-4-17-2-1-3-18(12-17)19-14-26-22(27-15-19)25-9-6-16-7-10-29-11-8-16/h1-3,12,14-16H,4-11,13H2,(H3,23,24)(H,25,26,27). The number of anilines is 1. The van der Waals surface area contributed by atoms with Gasteiger partial charge >= 0.3 is 0 Å². The number of carbonyl (C=O) groups is 1. The monoisotopic (exact) mass is 395 g/mol. The Morgan fingerprint density at radius 1 is 1.21 bits per heavy atom. The van der Waals surface area contributed by atoms with E-state index in [0.29, 0.717) is 18.8 Å². The van der Waals surface area contributed by atoms with Crippen LogP contribution in [0.4, 0.5) is 5.95 Å². The highest BCUT2D eigenvalue weighted by Crippen LogP contribution is 2.21. The predicted molar refractivity (Wildman–Crippen MR) is 114 cm³/mol. The van der Waals surface area contributed by atoms with Gasteiger partial charge in [0.05, 0.1) is 12.3 Å². The molecular formula is C22H29N5O2. The smallest absolute Gasteiger partial charge is 0.222 e. The molecule has 1 aliphatic rings. The molecule has 2 heterocycles. The maximum absolute atomic E-state index is 11.8. The second kappa shape index (κ2) is 10.7. The molecule has 1 aliphatic heterocycles. The Labute approximate surface area is 171 Å². The minimum atomic E-state index is -0.0812. The highest BCUT2D eigenvalue weighted by Gasteiger charge is 2.13. The first-order chi connectivity index (χ1) is 14.1. The van der Waals surface area contributed by atoms with Crippen molar-refractivity contribution in [3.63, 3.8) is 0 Å². The molecule has 2 aromatic rings. The lowest BCUT2D eigenvalue weighted by molar-refractivity contribution is -0.117. The summed E-state index contributed by atoms with van der Waals surface area (Å²) in [4.78, 5) is 20.6. The number of carbonyl (C=O) groups excluding carboxylic acids is 1. The lowest BCUT2D eigenvalue weighted by Gasteiger charge is -2.21. The minimum absolute atomic E-state index is 0.0117. The molecule has 0 spiro atoms. The molecule has 1 saturated heterocycles. The minimum Gasteiger partial charge on any atom is -0.387 e. The van der Waals surface area contributed by atoms with Crippen LogP contribution in [0.15, 0.2) is 36.7 Å². The van der Waals surface area contributed by atoms with Gasteiger partial charge in [-0.1, -0.05) is 24.3 Å². The summed E-state index contributed by atoms with van der Waals surface area (Å²) in [6.07, 6.45) is 8.07. The number of Topliss-reactive ketones (excluding diaryl/α,β-unsaturated/α-hetero) is 1. The molecule has 0 bridgehead atoms. The number of ether oxygens (including phenoxy) is 1. The van der Waals surface area contributed by atoms with Crippen LogP contribution in [0.5, 0.6) is 0 Å². The summed E-state index contributed by atoms with van der Waals surface area (Å²) in [5.74, 6) is 1.28. The van der Waals surface area contributed by atoms with E-state index in [9.17, 15) is 4.79 Å². The van der Waals surface area contributed by atoms with Crippen molar-refractivity contribution >= 4 is 17.6 Å². The molecule has 1 fully saturated rings. The number of nitrogens with zero attached hydrogens (tertiary/aromatic N) is 2. The van der Waals surface area contributed by atoms with Gasteiger partial charge in [0.25, 0.3) is 0 Å². The van der Waals surface area contributed by atoms with E-state index in [0.717, 1.165) is 61.6 Å². The zero-order valence-corrected chi connectivity index (χ0v) is 16.7. The normalized spacial score (nSPS) is 14.5. The Hall–Kier alpha value is -2.80. The van der Waals surface area contributed by atoms with Crippen molar-refractivity contribution in [2.45, 2.75) is 38.5 Å². The summed E-state index contributed by atoms with van der Waals surface area (Å²) < 4.78 is 5.39. The van der Waals surface area contributed by atoms with Gasteiger partial charge in [-0.05, 0) is 42.7 Å². The first-order valence-corrected chi connectivity index (χ1v) is 10.2. The molecular weight excluding hydrogens is 366 g/mol. The molecule has 4 N–H and O–H groups in total. The molecule has 29 heavy (non-hydrogen) atoms. The third-order valence-electron chi connectivity index (χ3n) is 5.17. The van der Waals surface area contributed by atoms with Crippen molar-refractivity contribution < 1.29 is 9.53 Å². The molecule has 154 valence electrons. The number of rotatable bonds is 10. The summed E-state index contributed by atoms with van der Waals surface area (Å²) >= 11 is 0. The van der Waals surface area contributed by atoms with E-state index in [1.807, 2.05) is 30.6 Å². The van der Waals surface area contributed by atoms with Gasteiger partial charge in [-0.15, -0.1) is 0 Å². The van der Waals surface area contributed by atoms with E-state index in [1.54, 1.807) is 0 Å². The lowest BCUT2D eigenvalue weighted by atomic mass is 9.97. The zero-order chi connectivity index (χ0) is 20.5. The number of hydrogen-bond donors (Lipinski definition) is 3. The van der Waals surface area contributed by atoms with Crippen molar-refractivity contribution in [2.24, 2.45) is 11.7 Å². The molecule has 0 saturated carbocycles. The van der Waals surface area contributed by atoms with Crippen molar-refractivity contribution in [1.82, 2.24) is 9.97 Å². The van der Waals surface area contributed by atoms with Crippen LogP contribution in [0, 0.1) is 11.3 Å². The van der Waals surface area contributed by atoms with E-state index in [-0.39, 0.29) is 18.0 Å². The van der Waals surface area contributed by atoms with Crippen LogP contribution in [-0.2, 0) is 16.0 Å². The molecule has 0 radical (unpaired) electrons. The highest BCUT2D eigenvalue weighted by molar-refractivity contribution is 5.98. The Morgan fingerprint density at radius 3 is 2.69 bits per heavy atom. The van der Waals surface area contributed by atoms with Crippen molar-refractivity contribution in [1.29, 1.82) is 5.41 Å². The third-order valence-corrected chi connectivity index (χ3v) is 5.17. The molecule has 1 aromatic heterocycles. The number of nitrogens with one attached hydrogen (secondary N) is 2. The summed E-state index contributed by atoms with van der Waals surface area (Å²) in [5.41, 5.74) is 8.31. The van der Waals surface area contributed by atoms with Gasteiger partial charge in [-0.2, -0.15) is 0 Å². The van der Waals surface area contributed by atoms with Crippen LogP contribution in [0.25, 0.3) is 11.1 Å². The first-order valence-electron chi connectivity index (χ1n) is 10.2. The quantitative estimate of drug-likeness (QED) is 0.420. The number of aromatic nitrogens is 2. The summed E-state index contributed by atoms with van der Waals surface area (Å²) in [6, 6.07) is 8.04. The van der Waals surface area contributed by atoms with Gasteiger partial charge in [0.2, 0.25) is 5.95 Å². The van der Waals surface area contributed by atoms with Gasteiger partial charge in [0.1, 0.15) is 5.78 Å². The Kier molecular flexibility index (Phi) is 7.69. The van der Waals surface area contributed by atoms with Crippen molar-refractivity contribution in [2.75, 3.05) is 25.1 Å². The van der Waals surface area contributed by atoms with Crippen LogP contribution in [0.3, 0.4) is 0 Å². The highest BCUT2D eigenvalue weighted by atomic mass is 16.5. The first kappa shape index (κ1) is 20.9. The number of ketones is 1. The molecule has 0 aliphatic carbocycles. The second-order valence-electron chi connectivity index (χ2n) is 7.51. The Bertz CT molecular complexity index is 816. The van der Waals surface area contributed by atoms with Crippen molar-refractivity contribution in [3.05, 3.63) is 42.2 Å². The van der Waals surface area contributed by atoms with Crippen molar-refractivity contribution in [3.8, 4) is 11.1 Å². The van der Waals surface area contributed by atoms with Gasteiger partial charge in [0, 0.05) is 44.1 Å². The summed E-state index contributed by atoms with van der Waals surface area (Å²) in [5, 5.41) is 10.5. The number of nitrogens with two attached hydrogens (primary N) is 1. The number of hydrogen-bond acceptors (Lipinski definition) is 6. The van der Waals surface area contributed by atoms with Gasteiger partial charge in [0.15, 0.2) is 0 Å². The SMILES string of the molecule is N=C(N)CC(=O)CCc1cccc(-c2cnc(NCCC3CCOCC3)nc2)c1. The maximum atomic E-state index is 11.8. The van der Waals surface area contributed by atoms with Gasteiger partial charge in [-0.25, -0.2) is 9.97 Å². The number of amidine groups is 1. The predicted octanol–water partition coefficient (Wildman–Crippen LogP) is 3.20. The van der Waals surface area contributed by atoms with E-state index in [2.05, 4.69) is 21.4 Å². The molecule has 0 atom stereocenters. The topological polar surface area (TPSA) is 114 Å². The number of benzene rings is 1. The van der Waals surface area contributed by atoms with E-state index >= 15 is 0 Å². The van der Waals surface area contributed by atoms with Crippen LogP contribution >= 0.6 is 0 Å². The Balaban J connectivity index is 1.51. The summed E-state index contributed by atoms with van der Waals surface area (Å²) in [6.45, 7) is 2.62. The lowest BCUT2D eigenvalue weighted by Crippen LogP contribution is -2.18. The van der Waals surface area contributed by atoms with Crippen LogP contribution < -0.4 is 11.1 Å². The average Bonchev–Trinajstić information content (AvgIpc) is 2.73. The molecule has 3 rings (SSSR count). The molecule has 1 aromatic carbocycles. The van der Waals surface area contributed by atoms with E-state index in [4.69, 9.17) is 15.9 Å². The van der Waals surface area contributed by atoms with Gasteiger partial charge < -0.3 is 15.8 Å². The average molecular weight is 396 g/mol. The number of aryl methyl sites for hydroxylation is 1. The fourth-order valence-corrected chi connectivity index (χ4v) is 3.48. The van der Waals surface area contributed by atoms with Crippen LogP contribution in [0.1, 0.15) is 37.7 Å². The van der Waals surface area contributed by atoms with E-state index in [1.165, 1.54) is 0 Å². The fraction of sp³-hybridized carbons (Fsp3) is 0.455. The molecule has 7 heteroatoms. The van der Waals surface area contributed by atoms with Crippen LogP contribution in [0.2, 0.25) is 0 Å². The second-order valence-corrected chi connectivity index (χ2v) is 7.51. The Morgan fingerprint density at radius 2 is 1.97 bits per heavy atom. The zero-order valence-electron chi connectivity index (χ0n) is 16.7. The summed E-state index contributed by atoms with van der Waals surface area (Å²) in [7, 11) is 0. The largest absolute Gasteiger partial charge is 0.387 e. The van der Waals surface area contributed by atoms with Crippen LogP contribution in [-0.4, -0.2) is 41.3 Å².